The van der Waals surface area contributed by atoms with Gasteiger partial charge in [0, 0.05) is 10.0 Å². The fourth-order valence-electron chi connectivity index (χ4n) is 1.68. The van der Waals surface area contributed by atoms with E-state index >= 15 is 0 Å². The Morgan fingerprint density at radius 3 is 2.67 bits per heavy atom. The third-order valence-electron chi connectivity index (χ3n) is 2.59. The highest BCUT2D eigenvalue weighted by atomic mass is 79.9. The Morgan fingerprint density at radius 2 is 2.06 bits per heavy atom. The number of Topliss-reactive ketones (excluding diaryl/α,β-unsaturated/α-hetero) is 1. The van der Waals surface area contributed by atoms with Crippen LogP contribution in [0.3, 0.4) is 0 Å². The molecule has 0 aliphatic carbocycles. The van der Waals surface area contributed by atoms with Crippen molar-refractivity contribution in [1.29, 1.82) is 0 Å². The average molecular weight is 310 g/mol. The second-order valence-electron chi connectivity index (χ2n) is 3.79. The zero-order valence-corrected chi connectivity index (χ0v) is 10.7. The zero-order chi connectivity index (χ0) is 13.4. The van der Waals surface area contributed by atoms with Crippen LogP contribution in [0.1, 0.15) is 10.4 Å². The van der Waals surface area contributed by atoms with Gasteiger partial charge in [0.2, 0.25) is 0 Å². The molecule has 1 aliphatic heterocycles. The Bertz CT molecular complexity index is 594. The molecule has 92 valence electrons. The molecule has 0 saturated carbocycles. The summed E-state index contributed by atoms with van der Waals surface area (Å²) in [7, 11) is 0. The Kier molecular flexibility index (Phi) is 3.04. The number of benzene rings is 1. The number of hydrogen-bond acceptors (Lipinski definition) is 3. The van der Waals surface area contributed by atoms with E-state index in [9.17, 15) is 14.4 Å². The van der Waals surface area contributed by atoms with Gasteiger partial charge in [-0.05, 0) is 18.2 Å². The van der Waals surface area contributed by atoms with Crippen molar-refractivity contribution < 1.29 is 19.5 Å². The predicted molar refractivity (Wildman–Crippen MR) is 67.6 cm³/mol. The minimum absolute atomic E-state index is 0.149. The lowest BCUT2D eigenvalue weighted by Crippen LogP contribution is -2.32. The molecule has 2 rings (SSSR count). The van der Waals surface area contributed by atoms with Crippen molar-refractivity contribution in [2.45, 2.75) is 0 Å². The second-order valence-corrected chi connectivity index (χ2v) is 4.71. The van der Waals surface area contributed by atoms with Crippen LogP contribution >= 0.6 is 15.9 Å². The first-order valence-corrected chi connectivity index (χ1v) is 5.78. The van der Waals surface area contributed by atoms with Gasteiger partial charge in [0.1, 0.15) is 0 Å². The molecular weight excluding hydrogens is 302 g/mol. The molecular formula is C12H8BrNO4. The number of aliphatic carboxylic acids is 1. The van der Waals surface area contributed by atoms with Gasteiger partial charge >= 0.3 is 5.97 Å². The molecule has 0 unspecified atom stereocenters. The highest BCUT2D eigenvalue weighted by molar-refractivity contribution is 9.10. The molecule has 5 nitrogen and oxygen atoms in total. The molecule has 18 heavy (non-hydrogen) atoms. The molecule has 1 N–H and O–H groups in total. The molecule has 0 fully saturated rings. The Balaban J connectivity index is 2.42. The lowest BCUT2D eigenvalue weighted by atomic mass is 10.1. The minimum Gasteiger partial charge on any atom is -0.478 e. The van der Waals surface area contributed by atoms with Crippen molar-refractivity contribution in [2.75, 3.05) is 11.4 Å². The van der Waals surface area contributed by atoms with Crippen molar-refractivity contribution in [3.8, 4) is 0 Å². The molecule has 0 spiro atoms. The van der Waals surface area contributed by atoms with Crippen molar-refractivity contribution in [3.63, 3.8) is 0 Å². The molecule has 0 saturated heterocycles. The standard InChI is InChI=1S/C12H8BrNO4/c1-6(12(17)18)5-14-9-4-7(13)2-3-8(9)10(15)11(14)16/h2-4H,1,5H2,(H,17,18). The van der Waals surface area contributed by atoms with Gasteiger partial charge in [0.15, 0.2) is 0 Å². The number of anilines is 1. The summed E-state index contributed by atoms with van der Waals surface area (Å²) in [5.41, 5.74) is 0.534. The number of carbonyl (C=O) groups excluding carboxylic acids is 2. The van der Waals surface area contributed by atoms with Crippen LogP contribution in [0.15, 0.2) is 34.8 Å². The third kappa shape index (κ3) is 1.95. The van der Waals surface area contributed by atoms with Crippen LogP contribution in [0, 0.1) is 0 Å². The van der Waals surface area contributed by atoms with Gasteiger partial charge < -0.3 is 10.0 Å². The van der Waals surface area contributed by atoms with Crippen molar-refractivity contribution in [1.82, 2.24) is 0 Å². The molecule has 1 aromatic carbocycles. The minimum atomic E-state index is -1.20. The molecule has 1 aromatic rings. The maximum Gasteiger partial charge on any atom is 0.332 e. The molecule has 1 aliphatic rings. The lowest BCUT2D eigenvalue weighted by molar-refractivity contribution is -0.132. The topological polar surface area (TPSA) is 74.7 Å². The number of hydrogen-bond donors (Lipinski definition) is 1. The van der Waals surface area contributed by atoms with Crippen LogP contribution in [0.2, 0.25) is 0 Å². The molecule has 0 atom stereocenters. The summed E-state index contributed by atoms with van der Waals surface area (Å²) in [5.74, 6) is -2.56. The van der Waals surface area contributed by atoms with Crippen LogP contribution in [0.4, 0.5) is 5.69 Å². The SMILES string of the molecule is C=C(CN1C(=O)C(=O)c2ccc(Br)cc21)C(=O)O. The van der Waals surface area contributed by atoms with Crippen molar-refractivity contribution >= 4 is 39.3 Å². The highest BCUT2D eigenvalue weighted by Gasteiger charge is 2.36. The first-order valence-electron chi connectivity index (χ1n) is 4.98. The van der Waals surface area contributed by atoms with E-state index in [1.54, 1.807) is 12.1 Å². The van der Waals surface area contributed by atoms with E-state index in [-0.39, 0.29) is 17.7 Å². The van der Waals surface area contributed by atoms with E-state index in [1.807, 2.05) is 0 Å². The molecule has 0 aromatic heterocycles. The van der Waals surface area contributed by atoms with Gasteiger partial charge in [-0.3, -0.25) is 9.59 Å². The fraction of sp³-hybridized carbons (Fsp3) is 0.0833. The average Bonchev–Trinajstić information content (AvgIpc) is 2.54. The van der Waals surface area contributed by atoms with E-state index < -0.39 is 17.7 Å². The third-order valence-corrected chi connectivity index (χ3v) is 3.08. The number of halogens is 1. The van der Waals surface area contributed by atoms with Gasteiger partial charge in [-0.2, -0.15) is 0 Å². The number of fused-ring (bicyclic) bond motifs is 1. The predicted octanol–water partition coefficient (Wildman–Crippen LogP) is 1.62. The van der Waals surface area contributed by atoms with Gasteiger partial charge in [0.25, 0.3) is 11.7 Å². The molecule has 1 heterocycles. The van der Waals surface area contributed by atoms with Gasteiger partial charge in [-0.15, -0.1) is 0 Å². The summed E-state index contributed by atoms with van der Waals surface area (Å²) in [5, 5.41) is 8.77. The largest absolute Gasteiger partial charge is 0.478 e. The monoisotopic (exact) mass is 309 g/mol. The quantitative estimate of drug-likeness (QED) is 0.680. The number of amides is 1. The lowest BCUT2D eigenvalue weighted by Gasteiger charge is -2.16. The number of carboxylic acid groups (broad SMARTS) is 1. The van der Waals surface area contributed by atoms with Gasteiger partial charge in [0.05, 0.1) is 17.8 Å². The summed E-state index contributed by atoms with van der Waals surface area (Å²) < 4.78 is 0.703. The fourth-order valence-corrected chi connectivity index (χ4v) is 2.03. The van der Waals surface area contributed by atoms with Crippen molar-refractivity contribution in [2.24, 2.45) is 0 Å². The van der Waals surface area contributed by atoms with Crippen LogP contribution in [-0.4, -0.2) is 29.3 Å². The number of carboxylic acids is 1. The van der Waals surface area contributed by atoms with Crippen LogP contribution in [0.5, 0.6) is 0 Å². The molecule has 1 amide bonds. The van der Waals surface area contributed by atoms with Crippen LogP contribution in [0.25, 0.3) is 0 Å². The number of rotatable bonds is 3. The maximum atomic E-state index is 11.8. The van der Waals surface area contributed by atoms with Gasteiger partial charge in [-0.25, -0.2) is 4.79 Å². The molecule has 0 radical (unpaired) electrons. The molecule has 6 heteroatoms. The van der Waals surface area contributed by atoms with E-state index in [0.29, 0.717) is 10.2 Å². The van der Waals surface area contributed by atoms with Crippen molar-refractivity contribution in [3.05, 3.63) is 40.4 Å². The Morgan fingerprint density at radius 1 is 1.39 bits per heavy atom. The first kappa shape index (κ1) is 12.5. The molecule has 0 bridgehead atoms. The summed E-state index contributed by atoms with van der Waals surface area (Å²) >= 11 is 3.24. The number of carbonyl (C=O) groups is 3. The summed E-state index contributed by atoms with van der Waals surface area (Å²) in [6, 6.07) is 4.79. The van der Waals surface area contributed by atoms with E-state index in [1.165, 1.54) is 6.07 Å². The van der Waals surface area contributed by atoms with Crippen LogP contribution < -0.4 is 4.90 Å². The Hall–Kier alpha value is -1.95. The van der Waals surface area contributed by atoms with E-state index in [0.717, 1.165) is 4.90 Å². The second kappa shape index (κ2) is 4.38. The Labute approximate surface area is 111 Å². The number of ketones is 1. The normalized spacial score (nSPS) is 13.7. The van der Waals surface area contributed by atoms with E-state index in [4.69, 9.17) is 5.11 Å². The van der Waals surface area contributed by atoms with Crippen LogP contribution in [-0.2, 0) is 9.59 Å². The zero-order valence-electron chi connectivity index (χ0n) is 9.14. The van der Waals surface area contributed by atoms with E-state index in [2.05, 4.69) is 22.5 Å². The number of nitrogens with zero attached hydrogens (tertiary/aromatic N) is 1. The van der Waals surface area contributed by atoms with Gasteiger partial charge in [-0.1, -0.05) is 22.5 Å². The summed E-state index contributed by atoms with van der Waals surface area (Å²) in [6.45, 7) is 3.15. The summed E-state index contributed by atoms with van der Waals surface area (Å²) in [4.78, 5) is 35.3. The smallest absolute Gasteiger partial charge is 0.332 e. The first-order chi connectivity index (χ1) is 8.41. The maximum absolute atomic E-state index is 11.8. The highest BCUT2D eigenvalue weighted by Crippen LogP contribution is 2.32. The summed E-state index contributed by atoms with van der Waals surface area (Å²) in [6.07, 6.45) is 0.